The Bertz CT molecular complexity index is 688. The summed E-state index contributed by atoms with van der Waals surface area (Å²) in [5, 5.41) is 16.0. The minimum Gasteiger partial charge on any atom is -0.394 e. The topological polar surface area (TPSA) is 87.7 Å². The Hall–Kier alpha value is -1.89. The van der Waals surface area contributed by atoms with E-state index in [0.717, 1.165) is 18.4 Å². The van der Waals surface area contributed by atoms with Crippen molar-refractivity contribution in [2.75, 3.05) is 6.61 Å². The Kier molecular flexibility index (Phi) is 6.88. The maximum Gasteiger partial charge on any atom is 0.223 e. The lowest BCUT2D eigenvalue weighted by atomic mass is 10.0. The summed E-state index contributed by atoms with van der Waals surface area (Å²) < 4.78 is 5.78. The number of benzene rings is 1. The standard InChI is InChI=1S/C20H25ClN2O4/c21-15-5-3-14(4-6-15)11-22-19(25)10-16-7-8-17(18(12-24)27-16)23-20(26)9-13-1-2-13/h3-8,13,16-18,24H,1-2,9-12H2,(H,22,25)(H,23,26)/t16-,17-,18+/m1/s1. The van der Waals surface area contributed by atoms with E-state index in [1.807, 2.05) is 18.2 Å². The van der Waals surface area contributed by atoms with Gasteiger partial charge in [0.2, 0.25) is 11.8 Å². The van der Waals surface area contributed by atoms with Crippen molar-refractivity contribution in [3.05, 3.63) is 47.0 Å². The summed E-state index contributed by atoms with van der Waals surface area (Å²) >= 11 is 5.84. The number of carbonyl (C=O) groups is 2. The van der Waals surface area contributed by atoms with Gasteiger partial charge < -0.3 is 20.5 Å². The second-order valence-electron chi connectivity index (χ2n) is 7.13. The van der Waals surface area contributed by atoms with Crippen LogP contribution in [0.15, 0.2) is 36.4 Å². The molecule has 1 saturated carbocycles. The Morgan fingerprint density at radius 3 is 2.52 bits per heavy atom. The van der Waals surface area contributed by atoms with E-state index in [0.29, 0.717) is 23.9 Å². The smallest absolute Gasteiger partial charge is 0.223 e. The van der Waals surface area contributed by atoms with Crippen LogP contribution in [0.2, 0.25) is 5.02 Å². The van der Waals surface area contributed by atoms with Crippen molar-refractivity contribution in [3.63, 3.8) is 0 Å². The zero-order valence-electron chi connectivity index (χ0n) is 15.1. The van der Waals surface area contributed by atoms with Crippen molar-refractivity contribution in [3.8, 4) is 0 Å². The van der Waals surface area contributed by atoms with Gasteiger partial charge in [0.25, 0.3) is 0 Å². The van der Waals surface area contributed by atoms with Crippen LogP contribution in [-0.2, 0) is 20.9 Å². The summed E-state index contributed by atoms with van der Waals surface area (Å²) in [4.78, 5) is 24.1. The molecule has 0 saturated heterocycles. The molecular formula is C20H25ClN2O4. The molecule has 3 atom stereocenters. The SMILES string of the molecule is O=C(C[C@H]1C=C[C@@H](NC(=O)CC2CC2)[C@H](CO)O1)NCc1ccc(Cl)cc1. The molecule has 27 heavy (non-hydrogen) atoms. The highest BCUT2D eigenvalue weighted by molar-refractivity contribution is 6.30. The molecule has 0 unspecified atom stereocenters. The Balaban J connectivity index is 1.45. The summed E-state index contributed by atoms with van der Waals surface area (Å²) in [7, 11) is 0. The Labute approximate surface area is 163 Å². The van der Waals surface area contributed by atoms with E-state index in [9.17, 15) is 14.7 Å². The summed E-state index contributed by atoms with van der Waals surface area (Å²) in [6, 6.07) is 6.90. The molecule has 1 fully saturated rings. The van der Waals surface area contributed by atoms with Gasteiger partial charge in [-0.25, -0.2) is 0 Å². The maximum absolute atomic E-state index is 12.2. The van der Waals surface area contributed by atoms with E-state index in [4.69, 9.17) is 16.3 Å². The predicted octanol–water partition coefficient (Wildman–Crippen LogP) is 1.95. The minimum absolute atomic E-state index is 0.0200. The van der Waals surface area contributed by atoms with Crippen LogP contribution in [0.5, 0.6) is 0 Å². The zero-order chi connectivity index (χ0) is 19.2. The lowest BCUT2D eigenvalue weighted by Gasteiger charge is -2.31. The van der Waals surface area contributed by atoms with Gasteiger partial charge in [0.1, 0.15) is 6.10 Å². The molecule has 3 N–H and O–H groups in total. The first-order valence-electron chi connectivity index (χ1n) is 9.28. The molecule has 146 valence electrons. The van der Waals surface area contributed by atoms with Gasteiger partial charge in [0.05, 0.1) is 25.2 Å². The highest BCUT2D eigenvalue weighted by Gasteiger charge is 2.31. The lowest BCUT2D eigenvalue weighted by Crippen LogP contribution is -2.49. The molecular weight excluding hydrogens is 368 g/mol. The van der Waals surface area contributed by atoms with Crippen LogP contribution in [0.25, 0.3) is 0 Å². The van der Waals surface area contributed by atoms with Crippen molar-refractivity contribution in [1.82, 2.24) is 10.6 Å². The fourth-order valence-electron chi connectivity index (χ4n) is 3.02. The summed E-state index contributed by atoms with van der Waals surface area (Å²) in [5.74, 6) is 0.337. The molecule has 1 heterocycles. The highest BCUT2D eigenvalue weighted by atomic mass is 35.5. The second kappa shape index (κ2) is 9.35. The Morgan fingerprint density at radius 1 is 1.11 bits per heavy atom. The minimum atomic E-state index is -0.549. The van der Waals surface area contributed by atoms with Gasteiger partial charge in [0, 0.05) is 18.0 Å². The largest absolute Gasteiger partial charge is 0.394 e. The molecule has 0 radical (unpaired) electrons. The number of carbonyl (C=O) groups excluding carboxylic acids is 2. The number of ether oxygens (including phenoxy) is 1. The summed E-state index contributed by atoms with van der Waals surface area (Å²) in [6.07, 6.45) is 5.52. The van der Waals surface area contributed by atoms with Gasteiger partial charge in [-0.2, -0.15) is 0 Å². The maximum atomic E-state index is 12.2. The molecule has 1 aromatic rings. The number of halogens is 1. The molecule has 2 amide bonds. The van der Waals surface area contributed by atoms with Gasteiger partial charge in [-0.3, -0.25) is 9.59 Å². The second-order valence-corrected chi connectivity index (χ2v) is 7.57. The van der Waals surface area contributed by atoms with E-state index in [1.54, 1.807) is 18.2 Å². The third-order valence-electron chi connectivity index (χ3n) is 4.75. The van der Waals surface area contributed by atoms with Crippen LogP contribution >= 0.6 is 11.6 Å². The number of amides is 2. The third kappa shape index (κ3) is 6.34. The van der Waals surface area contributed by atoms with E-state index in [1.165, 1.54) is 0 Å². The van der Waals surface area contributed by atoms with Gasteiger partial charge in [-0.15, -0.1) is 0 Å². The Morgan fingerprint density at radius 2 is 1.85 bits per heavy atom. The molecule has 6 nitrogen and oxygen atoms in total. The lowest BCUT2D eigenvalue weighted by molar-refractivity contribution is -0.128. The van der Waals surface area contributed by atoms with Crippen LogP contribution in [0.3, 0.4) is 0 Å². The van der Waals surface area contributed by atoms with E-state index < -0.39 is 12.2 Å². The van der Waals surface area contributed by atoms with Crippen LogP contribution in [0.4, 0.5) is 0 Å². The monoisotopic (exact) mass is 392 g/mol. The van der Waals surface area contributed by atoms with Crippen LogP contribution in [-0.4, -0.2) is 41.8 Å². The quantitative estimate of drug-likeness (QED) is 0.590. The summed E-state index contributed by atoms with van der Waals surface area (Å²) in [6.45, 7) is 0.192. The zero-order valence-corrected chi connectivity index (χ0v) is 15.8. The van der Waals surface area contributed by atoms with Crippen molar-refractivity contribution in [1.29, 1.82) is 0 Å². The number of aliphatic hydroxyl groups excluding tert-OH is 1. The molecule has 1 aliphatic carbocycles. The van der Waals surface area contributed by atoms with E-state index in [-0.39, 0.29) is 30.9 Å². The first-order valence-corrected chi connectivity index (χ1v) is 9.66. The molecule has 7 heteroatoms. The normalized spacial score (nSPS) is 24.4. The third-order valence-corrected chi connectivity index (χ3v) is 5.00. The van der Waals surface area contributed by atoms with Crippen molar-refractivity contribution in [2.45, 2.75) is 50.5 Å². The van der Waals surface area contributed by atoms with Crippen molar-refractivity contribution < 1.29 is 19.4 Å². The van der Waals surface area contributed by atoms with Gasteiger partial charge in [0.15, 0.2) is 0 Å². The van der Waals surface area contributed by atoms with Crippen LogP contribution in [0, 0.1) is 5.92 Å². The number of hydrogen-bond acceptors (Lipinski definition) is 4. The predicted molar refractivity (Wildman–Crippen MR) is 102 cm³/mol. The number of hydrogen-bond donors (Lipinski definition) is 3. The number of aliphatic hydroxyl groups is 1. The molecule has 0 spiro atoms. The molecule has 1 aliphatic heterocycles. The summed E-state index contributed by atoms with van der Waals surface area (Å²) in [5.41, 5.74) is 0.958. The van der Waals surface area contributed by atoms with Gasteiger partial charge in [-0.1, -0.05) is 35.9 Å². The molecule has 0 aromatic heterocycles. The van der Waals surface area contributed by atoms with E-state index >= 15 is 0 Å². The fraction of sp³-hybridized carbons (Fsp3) is 0.500. The number of nitrogens with one attached hydrogen (secondary N) is 2. The average Bonchev–Trinajstić information content (AvgIpc) is 3.46. The molecule has 0 bridgehead atoms. The van der Waals surface area contributed by atoms with E-state index in [2.05, 4.69) is 10.6 Å². The fourth-order valence-corrected chi connectivity index (χ4v) is 3.15. The van der Waals surface area contributed by atoms with Crippen LogP contribution < -0.4 is 10.6 Å². The van der Waals surface area contributed by atoms with Crippen molar-refractivity contribution in [2.24, 2.45) is 5.92 Å². The van der Waals surface area contributed by atoms with Crippen molar-refractivity contribution >= 4 is 23.4 Å². The van der Waals surface area contributed by atoms with Gasteiger partial charge >= 0.3 is 0 Å². The first kappa shape index (κ1) is 19.9. The molecule has 3 rings (SSSR count). The first-order chi connectivity index (χ1) is 13.0. The highest BCUT2D eigenvalue weighted by Crippen LogP contribution is 2.32. The van der Waals surface area contributed by atoms with Gasteiger partial charge in [-0.05, 0) is 36.5 Å². The number of rotatable bonds is 8. The molecule has 1 aromatic carbocycles. The molecule has 2 aliphatic rings. The average molecular weight is 393 g/mol. The van der Waals surface area contributed by atoms with Crippen LogP contribution in [0.1, 0.15) is 31.2 Å².